The zero-order valence-corrected chi connectivity index (χ0v) is 13.9. The Morgan fingerprint density at radius 1 is 1.14 bits per heavy atom. The molecule has 0 aliphatic carbocycles. The first kappa shape index (κ1) is 16.5. The molecular formula is C18H31N3. The van der Waals surface area contributed by atoms with Crippen molar-refractivity contribution in [1.82, 2.24) is 15.1 Å². The molecule has 1 aromatic rings. The van der Waals surface area contributed by atoms with E-state index < -0.39 is 0 Å². The monoisotopic (exact) mass is 289 g/mol. The lowest BCUT2D eigenvalue weighted by molar-refractivity contribution is 0.0998. The average Bonchev–Trinajstić information content (AvgIpc) is 2.49. The zero-order valence-electron chi connectivity index (χ0n) is 13.9. The van der Waals surface area contributed by atoms with Crippen LogP contribution in [-0.2, 0) is 13.0 Å². The first-order valence-corrected chi connectivity index (χ1v) is 8.40. The van der Waals surface area contributed by atoms with E-state index in [9.17, 15) is 0 Å². The lowest BCUT2D eigenvalue weighted by atomic mass is 10.0. The second-order valence-corrected chi connectivity index (χ2v) is 6.33. The van der Waals surface area contributed by atoms with Crippen LogP contribution >= 0.6 is 0 Å². The van der Waals surface area contributed by atoms with Crippen LogP contribution in [0.1, 0.15) is 31.4 Å². The largest absolute Gasteiger partial charge is 0.316 e. The van der Waals surface area contributed by atoms with E-state index in [2.05, 4.69) is 60.3 Å². The van der Waals surface area contributed by atoms with Crippen molar-refractivity contribution < 1.29 is 0 Å². The van der Waals surface area contributed by atoms with E-state index in [0.29, 0.717) is 6.04 Å². The van der Waals surface area contributed by atoms with Gasteiger partial charge in [-0.05, 0) is 51.0 Å². The van der Waals surface area contributed by atoms with Gasteiger partial charge in [0, 0.05) is 32.2 Å². The molecule has 1 unspecified atom stereocenters. The van der Waals surface area contributed by atoms with Gasteiger partial charge in [-0.1, -0.05) is 31.2 Å². The molecule has 1 aliphatic heterocycles. The Hall–Kier alpha value is -0.900. The standard InChI is InChI=1S/C18H31N3/c1-4-10-19-11-9-17-7-5-6-8-18(17)15-21-13-12-20(3)16(2)14-21/h5-8,16,19H,4,9-15H2,1-3H3. The molecule has 21 heavy (non-hydrogen) atoms. The summed E-state index contributed by atoms with van der Waals surface area (Å²) in [5.74, 6) is 0. The summed E-state index contributed by atoms with van der Waals surface area (Å²) in [5.41, 5.74) is 3.01. The molecule has 3 heteroatoms. The van der Waals surface area contributed by atoms with Crippen molar-refractivity contribution in [3.05, 3.63) is 35.4 Å². The van der Waals surface area contributed by atoms with E-state index in [4.69, 9.17) is 0 Å². The third kappa shape index (κ3) is 5.10. The molecule has 0 spiro atoms. The van der Waals surface area contributed by atoms with Gasteiger partial charge in [-0.3, -0.25) is 4.90 Å². The zero-order chi connectivity index (χ0) is 15.1. The second-order valence-electron chi connectivity index (χ2n) is 6.33. The molecule has 1 atom stereocenters. The Morgan fingerprint density at radius 3 is 2.62 bits per heavy atom. The third-order valence-corrected chi connectivity index (χ3v) is 4.55. The van der Waals surface area contributed by atoms with Crippen LogP contribution in [0.3, 0.4) is 0 Å². The molecule has 0 aromatic heterocycles. The van der Waals surface area contributed by atoms with E-state index in [0.717, 1.165) is 26.1 Å². The normalized spacial score (nSPS) is 20.8. The van der Waals surface area contributed by atoms with Crippen molar-refractivity contribution in [2.45, 2.75) is 39.3 Å². The van der Waals surface area contributed by atoms with Gasteiger partial charge in [0.1, 0.15) is 0 Å². The minimum Gasteiger partial charge on any atom is -0.316 e. The Bertz CT molecular complexity index is 419. The minimum atomic E-state index is 0.664. The van der Waals surface area contributed by atoms with Gasteiger partial charge in [0.2, 0.25) is 0 Å². The lowest BCUT2D eigenvalue weighted by Crippen LogP contribution is -2.49. The first-order chi connectivity index (χ1) is 10.2. The lowest BCUT2D eigenvalue weighted by Gasteiger charge is -2.38. The summed E-state index contributed by atoms with van der Waals surface area (Å²) >= 11 is 0. The van der Waals surface area contributed by atoms with Crippen LogP contribution in [0.15, 0.2) is 24.3 Å². The highest BCUT2D eigenvalue weighted by atomic mass is 15.3. The predicted octanol–water partition coefficient (Wildman–Crippen LogP) is 2.36. The predicted molar refractivity (Wildman–Crippen MR) is 90.7 cm³/mol. The summed E-state index contributed by atoms with van der Waals surface area (Å²) in [6.45, 7) is 11.4. The van der Waals surface area contributed by atoms with Crippen LogP contribution in [0.4, 0.5) is 0 Å². The third-order valence-electron chi connectivity index (χ3n) is 4.55. The number of hydrogen-bond acceptors (Lipinski definition) is 3. The summed E-state index contributed by atoms with van der Waals surface area (Å²) < 4.78 is 0. The molecule has 1 fully saturated rings. The topological polar surface area (TPSA) is 18.5 Å². The van der Waals surface area contributed by atoms with E-state index >= 15 is 0 Å². The van der Waals surface area contributed by atoms with Gasteiger partial charge in [-0.15, -0.1) is 0 Å². The Morgan fingerprint density at radius 2 is 1.90 bits per heavy atom. The number of nitrogens with zero attached hydrogens (tertiary/aromatic N) is 2. The minimum absolute atomic E-state index is 0.664. The van der Waals surface area contributed by atoms with Crippen molar-refractivity contribution in [2.75, 3.05) is 39.8 Å². The highest BCUT2D eigenvalue weighted by molar-refractivity contribution is 5.27. The number of nitrogens with one attached hydrogen (secondary N) is 1. The van der Waals surface area contributed by atoms with Gasteiger partial charge < -0.3 is 10.2 Å². The summed E-state index contributed by atoms with van der Waals surface area (Å²) in [6.07, 6.45) is 2.35. The molecule has 1 saturated heterocycles. The van der Waals surface area contributed by atoms with Gasteiger partial charge >= 0.3 is 0 Å². The van der Waals surface area contributed by atoms with E-state index in [-0.39, 0.29) is 0 Å². The van der Waals surface area contributed by atoms with Gasteiger partial charge in [0.15, 0.2) is 0 Å². The Kier molecular flexibility index (Phi) is 6.68. The molecule has 0 saturated carbocycles. The maximum Gasteiger partial charge on any atom is 0.0237 e. The molecule has 0 radical (unpaired) electrons. The van der Waals surface area contributed by atoms with Gasteiger partial charge in [0.25, 0.3) is 0 Å². The van der Waals surface area contributed by atoms with Crippen LogP contribution < -0.4 is 5.32 Å². The summed E-state index contributed by atoms with van der Waals surface area (Å²) in [5, 5.41) is 3.51. The molecule has 118 valence electrons. The van der Waals surface area contributed by atoms with Gasteiger partial charge in [0.05, 0.1) is 0 Å². The maximum atomic E-state index is 3.51. The molecule has 3 nitrogen and oxygen atoms in total. The number of rotatable bonds is 7. The van der Waals surface area contributed by atoms with Crippen LogP contribution in [0, 0.1) is 0 Å². The van der Waals surface area contributed by atoms with Crippen LogP contribution in [0.5, 0.6) is 0 Å². The van der Waals surface area contributed by atoms with Gasteiger partial charge in [-0.25, -0.2) is 0 Å². The highest BCUT2D eigenvalue weighted by Gasteiger charge is 2.20. The Labute approximate surface area is 130 Å². The van der Waals surface area contributed by atoms with Crippen molar-refractivity contribution in [3.63, 3.8) is 0 Å². The molecule has 1 N–H and O–H groups in total. The summed E-state index contributed by atoms with van der Waals surface area (Å²) in [4.78, 5) is 5.06. The summed E-state index contributed by atoms with van der Waals surface area (Å²) in [7, 11) is 2.23. The maximum absolute atomic E-state index is 3.51. The number of benzene rings is 1. The molecule has 0 bridgehead atoms. The van der Waals surface area contributed by atoms with E-state index in [1.807, 2.05) is 0 Å². The van der Waals surface area contributed by atoms with E-state index in [1.165, 1.54) is 37.2 Å². The fraction of sp³-hybridized carbons (Fsp3) is 0.667. The van der Waals surface area contributed by atoms with Gasteiger partial charge in [-0.2, -0.15) is 0 Å². The van der Waals surface area contributed by atoms with Crippen LogP contribution in [0.25, 0.3) is 0 Å². The number of piperazine rings is 1. The fourth-order valence-corrected chi connectivity index (χ4v) is 2.99. The van der Waals surface area contributed by atoms with Crippen LogP contribution in [0.2, 0.25) is 0 Å². The smallest absolute Gasteiger partial charge is 0.0237 e. The SMILES string of the molecule is CCCNCCc1ccccc1CN1CCN(C)C(C)C1. The summed E-state index contributed by atoms with van der Waals surface area (Å²) in [6, 6.07) is 9.61. The van der Waals surface area contributed by atoms with Crippen LogP contribution in [-0.4, -0.2) is 55.6 Å². The first-order valence-electron chi connectivity index (χ1n) is 8.40. The molecule has 2 rings (SSSR count). The number of hydrogen-bond donors (Lipinski definition) is 1. The molecule has 1 heterocycles. The quantitative estimate of drug-likeness (QED) is 0.778. The molecule has 0 amide bonds. The van der Waals surface area contributed by atoms with E-state index in [1.54, 1.807) is 0 Å². The molecule has 1 aliphatic rings. The Balaban J connectivity index is 1.90. The van der Waals surface area contributed by atoms with Crippen molar-refractivity contribution in [1.29, 1.82) is 0 Å². The van der Waals surface area contributed by atoms with Crippen molar-refractivity contribution >= 4 is 0 Å². The van der Waals surface area contributed by atoms with Crippen molar-refractivity contribution in [2.24, 2.45) is 0 Å². The molecular weight excluding hydrogens is 258 g/mol. The highest BCUT2D eigenvalue weighted by Crippen LogP contribution is 2.15. The molecule has 1 aromatic carbocycles. The average molecular weight is 289 g/mol. The number of likely N-dealkylation sites (N-methyl/N-ethyl adjacent to an activating group) is 1. The van der Waals surface area contributed by atoms with Crippen molar-refractivity contribution in [3.8, 4) is 0 Å². The second kappa shape index (κ2) is 8.52. The fourth-order valence-electron chi connectivity index (χ4n) is 2.99.